The van der Waals surface area contributed by atoms with Gasteiger partial charge in [-0.25, -0.2) is 4.79 Å². The molecule has 22 heteroatoms. The van der Waals surface area contributed by atoms with E-state index >= 15 is 8.78 Å². The van der Waals surface area contributed by atoms with Gasteiger partial charge in [0, 0.05) is 66.2 Å². The summed E-state index contributed by atoms with van der Waals surface area (Å²) in [5.41, 5.74) is -4.77. The number of nitrogens with zero attached hydrogens (tertiary/aromatic N) is 3. The number of ether oxygens (including phenoxy) is 3. The molecule has 0 spiro atoms. The maximum Gasteiger partial charge on any atom is 0.510 e. The quantitative estimate of drug-likeness (QED) is 0.0647. The van der Waals surface area contributed by atoms with Crippen LogP contribution in [0.5, 0.6) is 0 Å². The number of aromatic nitrogens is 1. The number of carbonyl (C=O) groups is 5. The monoisotopic (exact) mass is 975 g/mol. The van der Waals surface area contributed by atoms with Crippen LogP contribution >= 0.6 is 30.7 Å². The number of fused-ring (bicyclic) bond motifs is 2. The highest BCUT2D eigenvalue weighted by Crippen LogP contribution is 2.67. The van der Waals surface area contributed by atoms with Gasteiger partial charge in [-0.05, 0) is 66.8 Å². The first-order valence-electron chi connectivity index (χ1n) is 21.9. The Morgan fingerprint density at radius 2 is 1.86 bits per heavy atom. The zero-order valence-electron chi connectivity index (χ0n) is 36.4. The Hall–Kier alpha value is -4.71. The van der Waals surface area contributed by atoms with Crippen molar-refractivity contribution in [2.24, 2.45) is 11.8 Å². The summed E-state index contributed by atoms with van der Waals surface area (Å²) in [5.74, 6) is -2.29. The zero-order chi connectivity index (χ0) is 47.2. The number of likely N-dealkylation sites (tertiary alicyclic amines) is 1. The Balaban J connectivity index is 1.04. The van der Waals surface area contributed by atoms with Gasteiger partial charge in [-0.1, -0.05) is 44.5 Å². The summed E-state index contributed by atoms with van der Waals surface area (Å²) in [6, 6.07) is 8.15. The molecule has 0 bridgehead atoms. The molecule has 3 aromatic rings. The third-order valence-electron chi connectivity index (χ3n) is 12.1. The molecule has 0 aliphatic carbocycles. The number of carbonyl (C=O) groups excluding carboxylic acids is 5. The van der Waals surface area contributed by atoms with E-state index in [1.807, 2.05) is 13.8 Å². The van der Waals surface area contributed by atoms with Gasteiger partial charge in [-0.2, -0.15) is 14.0 Å². The molecule has 2 unspecified atom stereocenters. The van der Waals surface area contributed by atoms with E-state index in [1.54, 1.807) is 15.9 Å². The molecule has 0 saturated carbocycles. The number of hydrogen-bond donors (Lipinski definition) is 2. The van der Waals surface area contributed by atoms with Crippen LogP contribution in [0, 0.1) is 23.2 Å². The lowest BCUT2D eigenvalue weighted by Crippen LogP contribution is -2.56. The van der Waals surface area contributed by atoms with E-state index in [9.17, 15) is 38.6 Å². The van der Waals surface area contributed by atoms with Gasteiger partial charge in [0.25, 0.3) is 5.91 Å². The lowest BCUT2D eigenvalue weighted by Gasteiger charge is -2.36. The van der Waals surface area contributed by atoms with Crippen molar-refractivity contribution in [3.05, 3.63) is 69.0 Å². The minimum absolute atomic E-state index is 0.0642. The Bertz CT molecular complexity index is 2440. The molecule has 1 aromatic carbocycles. The van der Waals surface area contributed by atoms with Gasteiger partial charge in [-0.3, -0.25) is 33.1 Å². The first-order valence-corrected chi connectivity index (χ1v) is 25.3. The van der Waals surface area contributed by atoms with E-state index in [-0.39, 0.29) is 76.6 Å². The number of amides is 3. The van der Waals surface area contributed by atoms with Crippen LogP contribution in [0.25, 0.3) is 10.1 Å². The average molecular weight is 976 g/mol. The van der Waals surface area contributed by atoms with E-state index in [0.29, 0.717) is 55.4 Å². The number of thioether (sulfide) groups is 1. The predicted molar refractivity (Wildman–Crippen MR) is 238 cm³/mol. The van der Waals surface area contributed by atoms with Crippen molar-refractivity contribution in [2.45, 2.75) is 101 Å². The molecule has 4 aliphatic rings. The molecule has 4 aliphatic heterocycles. The Labute approximate surface area is 387 Å². The highest BCUT2D eigenvalue weighted by molar-refractivity contribution is 8.13. The number of nitriles is 1. The number of rotatable bonds is 16. The number of hydrogen-bond acceptors (Lipinski definition) is 15. The standard InChI is InChI=1S/C44H52F2N5O12PS2/c1-26(2)17-39(53)65-16-15-61-64(58,62-25-60-43(57)63-32-12-14-59-24-32)44(45,46)30-7-10-36-28(18-30)19-37(66-36)40(54)49-34-6-4-3-5-31-8-9-35(51(31)41(34)55)42(56)50-22-29(21-47)33(23-50)27-11-13-48-38(52)20-27/h7,10-11,13,18-20,26,29,31-35H,3-6,8-9,12,14-17,22-25H2,1-2H3,(H,48,52)(H,49,54)/t29-,31-,32+,33+,34?,35-,64?/m0/s1. The number of thiophene rings is 1. The summed E-state index contributed by atoms with van der Waals surface area (Å²) in [4.78, 5) is 84.7. The largest absolute Gasteiger partial charge is 0.510 e. The normalized spacial score (nSPS) is 24.3. The van der Waals surface area contributed by atoms with Crippen LogP contribution < -0.4 is 10.9 Å². The maximum atomic E-state index is 16.4. The van der Waals surface area contributed by atoms with E-state index in [1.165, 1.54) is 24.4 Å². The summed E-state index contributed by atoms with van der Waals surface area (Å²) < 4.78 is 72.5. The summed E-state index contributed by atoms with van der Waals surface area (Å²) >= 11 is 1.82. The summed E-state index contributed by atoms with van der Waals surface area (Å²) in [6.07, 6.45) is 3.69. The van der Waals surface area contributed by atoms with Crippen molar-refractivity contribution in [1.82, 2.24) is 20.1 Å². The van der Waals surface area contributed by atoms with Crippen LogP contribution in [0.1, 0.15) is 91.9 Å². The van der Waals surface area contributed by atoms with Gasteiger partial charge in [0.05, 0.1) is 36.7 Å². The number of aromatic amines is 1. The molecule has 4 fully saturated rings. The first kappa shape index (κ1) is 49.2. The molecule has 17 nitrogen and oxygen atoms in total. The lowest BCUT2D eigenvalue weighted by molar-refractivity contribution is -0.146. The second-order valence-corrected chi connectivity index (χ2v) is 21.5. The van der Waals surface area contributed by atoms with Crippen LogP contribution in [0.4, 0.5) is 13.6 Å². The molecule has 3 amide bonds. The number of benzene rings is 1. The fourth-order valence-corrected chi connectivity index (χ4v) is 12.1. The van der Waals surface area contributed by atoms with E-state index in [2.05, 4.69) is 16.4 Å². The maximum absolute atomic E-state index is 16.4. The summed E-state index contributed by atoms with van der Waals surface area (Å²) in [6.45, 7) is 2.78. The molecule has 2 N–H and O–H groups in total. The van der Waals surface area contributed by atoms with Gasteiger partial charge in [-0.15, -0.1) is 11.3 Å². The second kappa shape index (κ2) is 21.5. The Morgan fingerprint density at radius 1 is 1.06 bits per heavy atom. The van der Waals surface area contributed by atoms with Gasteiger partial charge in [0.15, 0.2) is 5.12 Å². The lowest BCUT2D eigenvalue weighted by atomic mass is 9.91. The highest BCUT2D eigenvalue weighted by atomic mass is 32.2. The van der Waals surface area contributed by atoms with Gasteiger partial charge in [0.1, 0.15) is 18.2 Å². The van der Waals surface area contributed by atoms with Crippen molar-refractivity contribution < 1.29 is 60.6 Å². The number of pyridine rings is 1. The van der Waals surface area contributed by atoms with E-state index in [0.717, 1.165) is 41.7 Å². The van der Waals surface area contributed by atoms with Gasteiger partial charge < -0.3 is 38.8 Å². The SMILES string of the molecule is CC(C)CC(=O)SCCOP(=O)(OCOC(=O)O[C@@H]1CCOC1)C(F)(F)c1ccc2sc(C(=O)NC3CCCC[C@H]4CC[C@@H](C(=O)N5C[C@H](c6cc[nH]c(=O)c6)[C@@H](C#N)C5)N4C3=O)cc2c1. The number of nitrogens with one attached hydrogen (secondary N) is 2. The van der Waals surface area contributed by atoms with Crippen molar-refractivity contribution in [2.75, 3.05) is 45.5 Å². The first-order chi connectivity index (χ1) is 31.6. The third-order valence-corrected chi connectivity index (χ3v) is 16.0. The van der Waals surface area contributed by atoms with Crippen molar-refractivity contribution >= 4 is 69.8 Å². The number of halogens is 2. The number of alkyl halides is 2. The van der Waals surface area contributed by atoms with Crippen LogP contribution in [0.15, 0.2) is 47.4 Å². The zero-order valence-corrected chi connectivity index (χ0v) is 39.0. The van der Waals surface area contributed by atoms with E-state index < -0.39 is 74.3 Å². The molecule has 66 heavy (non-hydrogen) atoms. The number of H-pyrrole nitrogens is 1. The molecular formula is C44H52F2N5O12PS2. The van der Waals surface area contributed by atoms with Gasteiger partial charge >= 0.3 is 19.4 Å². The summed E-state index contributed by atoms with van der Waals surface area (Å²) in [5, 5.41) is 12.8. The molecule has 4 saturated heterocycles. The molecule has 7 rings (SSSR count). The Morgan fingerprint density at radius 3 is 2.61 bits per heavy atom. The van der Waals surface area contributed by atoms with Crippen molar-refractivity contribution in [1.29, 1.82) is 5.26 Å². The fourth-order valence-electron chi connectivity index (χ4n) is 8.82. The van der Waals surface area contributed by atoms with E-state index in [4.69, 9.17) is 23.3 Å². The summed E-state index contributed by atoms with van der Waals surface area (Å²) in [7, 11) is -5.49. The Kier molecular flexibility index (Phi) is 16.0. The second-order valence-electron chi connectivity index (χ2n) is 17.2. The van der Waals surface area contributed by atoms with Crippen LogP contribution in [0.3, 0.4) is 0 Å². The van der Waals surface area contributed by atoms with Crippen LogP contribution in [-0.4, -0.2) is 113 Å². The molecular weight excluding hydrogens is 924 g/mol. The fraction of sp³-hybridized carbons (Fsp3) is 0.568. The minimum atomic E-state index is -5.49. The topological polar surface area (TPSA) is 224 Å². The van der Waals surface area contributed by atoms with Crippen molar-refractivity contribution in [3.63, 3.8) is 0 Å². The average Bonchev–Trinajstić information content (AvgIpc) is 4.11. The van der Waals surface area contributed by atoms with Crippen LogP contribution in [-0.2, 0) is 47.9 Å². The molecule has 356 valence electrons. The minimum Gasteiger partial charge on any atom is -0.428 e. The van der Waals surface area contributed by atoms with Crippen molar-refractivity contribution in [3.8, 4) is 6.07 Å². The van der Waals surface area contributed by atoms with Crippen LogP contribution in [0.2, 0.25) is 0 Å². The highest BCUT2D eigenvalue weighted by Gasteiger charge is 2.56. The molecule has 7 atom stereocenters. The predicted octanol–water partition coefficient (Wildman–Crippen LogP) is 6.87. The van der Waals surface area contributed by atoms with Gasteiger partial charge in [0.2, 0.25) is 24.2 Å². The molecule has 0 radical (unpaired) electrons. The third kappa shape index (κ3) is 11.3. The molecule has 6 heterocycles. The molecule has 2 aromatic heterocycles. The smallest absolute Gasteiger partial charge is 0.428 e.